The minimum absolute atomic E-state index is 0.0985. The lowest BCUT2D eigenvalue weighted by Crippen LogP contribution is -2.28. The van der Waals surface area contributed by atoms with Gasteiger partial charge in [0.1, 0.15) is 12.0 Å². The molecule has 1 heterocycles. The number of nitrogens with one attached hydrogen (secondary N) is 1. The van der Waals surface area contributed by atoms with Crippen molar-refractivity contribution in [2.24, 2.45) is 9.98 Å². The first-order chi connectivity index (χ1) is 23.0. The lowest BCUT2D eigenvalue weighted by atomic mass is 9.80. The van der Waals surface area contributed by atoms with Crippen LogP contribution in [0.15, 0.2) is 149 Å². The SMILES string of the molecule is C=NC(NC(=NCC1=CCCC=C1)c1ccc(-n2c3ccccc3c3c4c(ccc32)-c2ccccc2C4(C)C)cc1)c1ccccc1. The van der Waals surface area contributed by atoms with Crippen LogP contribution in [-0.4, -0.2) is 23.7 Å². The molecule has 0 spiro atoms. The summed E-state index contributed by atoms with van der Waals surface area (Å²) in [6, 6.07) is 41.3. The molecule has 4 nitrogen and oxygen atoms in total. The lowest BCUT2D eigenvalue weighted by Gasteiger charge is -2.22. The highest BCUT2D eigenvalue weighted by atomic mass is 15.1. The molecule has 0 fully saturated rings. The molecule has 0 saturated heterocycles. The number of hydrogen-bond donors (Lipinski definition) is 1. The maximum atomic E-state index is 5.09. The van der Waals surface area contributed by atoms with Crippen LogP contribution in [-0.2, 0) is 5.41 Å². The number of hydrogen-bond acceptors (Lipinski definition) is 2. The third kappa shape index (κ3) is 4.92. The Balaban J connectivity index is 1.23. The van der Waals surface area contributed by atoms with E-state index in [0.717, 1.165) is 35.5 Å². The number of aliphatic imine (C=N–C) groups is 2. The molecule has 1 atom stereocenters. The fourth-order valence-electron chi connectivity index (χ4n) is 7.55. The van der Waals surface area contributed by atoms with Crippen molar-refractivity contribution in [3.05, 3.63) is 161 Å². The second-order valence-electron chi connectivity index (χ2n) is 13.0. The standard InChI is InChI=1S/C43H38N4/c1-43(2)36-20-12-10-18-33(36)34-26-27-38-39(40(34)43)35-19-11-13-21-37(35)47(38)32-24-22-31(23-25-32)42(45-28-29-14-6-4-7-15-29)46-41(44-3)30-16-8-5-9-17-30/h5-6,8-27,41H,3-4,7,28H2,1-2H3,(H,45,46). The highest BCUT2D eigenvalue weighted by molar-refractivity contribution is 6.14. The quantitative estimate of drug-likeness (QED) is 0.142. The summed E-state index contributed by atoms with van der Waals surface area (Å²) in [5.74, 6) is 0.803. The van der Waals surface area contributed by atoms with Crippen LogP contribution in [0.25, 0.3) is 38.6 Å². The summed E-state index contributed by atoms with van der Waals surface area (Å²) in [5.41, 5.74) is 12.2. The molecule has 0 radical (unpaired) electrons. The van der Waals surface area contributed by atoms with Gasteiger partial charge in [-0.05, 0) is 89.3 Å². The van der Waals surface area contributed by atoms with E-state index in [4.69, 9.17) is 4.99 Å². The van der Waals surface area contributed by atoms with E-state index in [2.05, 4.69) is 151 Å². The van der Waals surface area contributed by atoms with E-state index in [1.165, 1.54) is 49.6 Å². The van der Waals surface area contributed by atoms with Gasteiger partial charge in [-0.25, -0.2) is 0 Å². The summed E-state index contributed by atoms with van der Waals surface area (Å²) in [6.07, 6.45) is 8.54. The summed E-state index contributed by atoms with van der Waals surface area (Å²) in [6.45, 7) is 9.23. The van der Waals surface area contributed by atoms with Crippen molar-refractivity contribution in [3.63, 3.8) is 0 Å². The van der Waals surface area contributed by atoms with E-state index in [-0.39, 0.29) is 11.6 Å². The third-order valence-corrected chi connectivity index (χ3v) is 9.82. The number of allylic oxidation sites excluding steroid dienone is 2. The van der Waals surface area contributed by atoms with Gasteiger partial charge in [0.2, 0.25) is 0 Å². The fraction of sp³-hybridized carbons (Fsp3) is 0.163. The summed E-state index contributed by atoms with van der Waals surface area (Å²) in [5, 5.41) is 6.22. The van der Waals surface area contributed by atoms with Gasteiger partial charge in [-0.15, -0.1) is 0 Å². The van der Waals surface area contributed by atoms with Gasteiger partial charge >= 0.3 is 0 Å². The molecule has 47 heavy (non-hydrogen) atoms. The Bertz CT molecular complexity index is 2230. The van der Waals surface area contributed by atoms with Gasteiger partial charge in [0.05, 0.1) is 17.6 Å². The molecule has 0 amide bonds. The molecular weight excluding hydrogens is 573 g/mol. The summed E-state index contributed by atoms with van der Waals surface area (Å²) >= 11 is 0. The molecule has 5 aromatic carbocycles. The van der Waals surface area contributed by atoms with E-state index in [1.54, 1.807) is 0 Å². The zero-order chi connectivity index (χ0) is 32.0. The molecule has 2 aliphatic carbocycles. The third-order valence-electron chi connectivity index (χ3n) is 9.82. The predicted molar refractivity (Wildman–Crippen MR) is 198 cm³/mol. The average Bonchev–Trinajstić information content (AvgIpc) is 3.58. The second kappa shape index (κ2) is 11.7. The lowest BCUT2D eigenvalue weighted by molar-refractivity contribution is 0.666. The van der Waals surface area contributed by atoms with Crippen LogP contribution in [0.4, 0.5) is 0 Å². The Morgan fingerprint density at radius 3 is 2.36 bits per heavy atom. The monoisotopic (exact) mass is 610 g/mol. The van der Waals surface area contributed by atoms with Gasteiger partial charge < -0.3 is 9.88 Å². The normalized spacial score (nSPS) is 15.7. The Hall–Kier alpha value is -5.48. The van der Waals surface area contributed by atoms with E-state index in [1.807, 2.05) is 18.2 Å². The molecule has 1 aromatic heterocycles. The Kier molecular flexibility index (Phi) is 7.21. The average molecular weight is 611 g/mol. The van der Waals surface area contributed by atoms with E-state index in [9.17, 15) is 0 Å². The van der Waals surface area contributed by atoms with Crippen LogP contribution in [0.5, 0.6) is 0 Å². The van der Waals surface area contributed by atoms with Gasteiger partial charge in [-0.3, -0.25) is 9.98 Å². The Morgan fingerprint density at radius 1 is 0.809 bits per heavy atom. The highest BCUT2D eigenvalue weighted by Gasteiger charge is 2.37. The molecule has 2 aliphatic rings. The van der Waals surface area contributed by atoms with Crippen LogP contribution < -0.4 is 5.32 Å². The van der Waals surface area contributed by atoms with Gasteiger partial charge in [0.25, 0.3) is 0 Å². The molecular formula is C43H38N4. The first-order valence-electron chi connectivity index (χ1n) is 16.5. The molecule has 1 unspecified atom stereocenters. The van der Waals surface area contributed by atoms with E-state index >= 15 is 0 Å². The van der Waals surface area contributed by atoms with Gasteiger partial charge in [0, 0.05) is 27.4 Å². The number of amidine groups is 1. The highest BCUT2D eigenvalue weighted by Crippen LogP contribution is 2.53. The van der Waals surface area contributed by atoms with Crippen molar-refractivity contribution < 1.29 is 0 Å². The maximum absolute atomic E-state index is 5.09. The zero-order valence-electron chi connectivity index (χ0n) is 26.9. The van der Waals surface area contributed by atoms with Gasteiger partial charge in [-0.1, -0.05) is 111 Å². The van der Waals surface area contributed by atoms with Crippen molar-refractivity contribution >= 4 is 34.4 Å². The van der Waals surface area contributed by atoms with E-state index < -0.39 is 0 Å². The van der Waals surface area contributed by atoms with Crippen LogP contribution in [0, 0.1) is 0 Å². The Morgan fingerprint density at radius 2 is 1.57 bits per heavy atom. The number of aromatic nitrogens is 1. The van der Waals surface area contributed by atoms with Gasteiger partial charge in [-0.2, -0.15) is 0 Å². The van der Waals surface area contributed by atoms with Crippen molar-refractivity contribution in [3.8, 4) is 16.8 Å². The van der Waals surface area contributed by atoms with Crippen molar-refractivity contribution in [2.75, 3.05) is 6.54 Å². The molecule has 6 aromatic rings. The van der Waals surface area contributed by atoms with E-state index in [0.29, 0.717) is 6.54 Å². The Labute approximate surface area is 276 Å². The first-order valence-corrected chi connectivity index (χ1v) is 16.5. The molecule has 0 aliphatic heterocycles. The van der Waals surface area contributed by atoms with Gasteiger partial charge in [0.15, 0.2) is 0 Å². The predicted octanol–water partition coefficient (Wildman–Crippen LogP) is 10.1. The molecule has 4 heteroatoms. The summed E-state index contributed by atoms with van der Waals surface area (Å²) in [4.78, 5) is 9.51. The number of rotatable bonds is 7. The topological polar surface area (TPSA) is 41.7 Å². The smallest absolute Gasteiger partial charge is 0.145 e. The number of fused-ring (bicyclic) bond motifs is 7. The minimum atomic E-state index is -0.308. The maximum Gasteiger partial charge on any atom is 0.145 e. The largest absolute Gasteiger partial charge is 0.345 e. The van der Waals surface area contributed by atoms with Crippen LogP contribution >= 0.6 is 0 Å². The number of para-hydroxylation sites is 1. The molecule has 230 valence electrons. The van der Waals surface area contributed by atoms with Crippen molar-refractivity contribution in [1.29, 1.82) is 0 Å². The minimum Gasteiger partial charge on any atom is -0.345 e. The fourth-order valence-corrected chi connectivity index (χ4v) is 7.55. The van der Waals surface area contributed by atoms with Crippen LogP contribution in [0.1, 0.15) is 55.1 Å². The molecule has 0 saturated carbocycles. The number of benzene rings is 5. The summed E-state index contributed by atoms with van der Waals surface area (Å²) < 4.78 is 2.41. The summed E-state index contributed by atoms with van der Waals surface area (Å²) in [7, 11) is 0. The molecule has 1 N–H and O–H groups in total. The van der Waals surface area contributed by atoms with Crippen LogP contribution in [0.2, 0.25) is 0 Å². The zero-order valence-corrected chi connectivity index (χ0v) is 26.9. The second-order valence-corrected chi connectivity index (χ2v) is 13.0. The molecule has 0 bridgehead atoms. The first kappa shape index (κ1) is 29.0. The van der Waals surface area contributed by atoms with Crippen LogP contribution in [0.3, 0.4) is 0 Å². The molecule has 8 rings (SSSR count). The number of nitrogens with zero attached hydrogens (tertiary/aromatic N) is 3. The van der Waals surface area contributed by atoms with Crippen molar-refractivity contribution in [2.45, 2.75) is 38.3 Å². The van der Waals surface area contributed by atoms with Crippen molar-refractivity contribution in [1.82, 2.24) is 9.88 Å².